The summed E-state index contributed by atoms with van der Waals surface area (Å²) in [5.41, 5.74) is 0. The first-order valence-electron chi connectivity index (χ1n) is 8.64. The number of sulfonamides is 1. The van der Waals surface area contributed by atoms with E-state index in [1.165, 1.54) is 22.9 Å². The summed E-state index contributed by atoms with van der Waals surface area (Å²) in [4.78, 5) is 14.4. The van der Waals surface area contributed by atoms with E-state index in [2.05, 4.69) is 0 Å². The summed E-state index contributed by atoms with van der Waals surface area (Å²) in [5, 5.41) is 0.237. The Morgan fingerprint density at radius 3 is 2.08 bits per heavy atom. The van der Waals surface area contributed by atoms with E-state index in [9.17, 15) is 13.2 Å². The summed E-state index contributed by atoms with van der Waals surface area (Å²) in [7, 11) is -3.77. The second-order valence-electron chi connectivity index (χ2n) is 6.62. The molecule has 8 heteroatoms. The molecule has 138 valence electrons. The summed E-state index contributed by atoms with van der Waals surface area (Å²) in [6.07, 6.45) is 5.32. The smallest absolute Gasteiger partial charge is 0.246 e. The maximum atomic E-state index is 12.9. The van der Waals surface area contributed by atoms with Crippen molar-refractivity contribution in [2.45, 2.75) is 37.0 Å². The van der Waals surface area contributed by atoms with Crippen molar-refractivity contribution in [3.63, 3.8) is 0 Å². The fraction of sp³-hybridized carbons (Fsp3) is 0.588. The second kappa shape index (κ2) is 7.82. The summed E-state index contributed by atoms with van der Waals surface area (Å²) in [6, 6.07) is 4.65. The molecular formula is C17H22Cl2N2O3S. The van der Waals surface area contributed by atoms with Gasteiger partial charge in [0.15, 0.2) is 0 Å². The lowest BCUT2D eigenvalue weighted by atomic mass is 9.88. The SMILES string of the molecule is O=C(C1CCCCC1)N1CCN(S(=O)(=O)c2c(Cl)cccc2Cl)CC1. The molecule has 1 aromatic carbocycles. The predicted octanol–water partition coefficient (Wildman–Crippen LogP) is 3.41. The van der Waals surface area contributed by atoms with Gasteiger partial charge in [0, 0.05) is 32.1 Å². The van der Waals surface area contributed by atoms with Crippen molar-refractivity contribution in [2.24, 2.45) is 5.92 Å². The number of rotatable bonds is 3. The predicted molar refractivity (Wildman–Crippen MR) is 98.4 cm³/mol. The molecule has 1 saturated heterocycles. The van der Waals surface area contributed by atoms with Crippen LogP contribution >= 0.6 is 23.2 Å². The molecule has 1 amide bonds. The van der Waals surface area contributed by atoms with Gasteiger partial charge in [0.05, 0.1) is 10.0 Å². The van der Waals surface area contributed by atoms with Crippen LogP contribution in [0.2, 0.25) is 10.0 Å². The minimum Gasteiger partial charge on any atom is -0.340 e. The van der Waals surface area contributed by atoms with Crippen molar-refractivity contribution in [1.29, 1.82) is 0 Å². The first-order chi connectivity index (χ1) is 11.9. The van der Waals surface area contributed by atoms with Gasteiger partial charge in [-0.1, -0.05) is 48.5 Å². The van der Waals surface area contributed by atoms with E-state index in [1.807, 2.05) is 0 Å². The van der Waals surface area contributed by atoms with E-state index in [0.717, 1.165) is 25.7 Å². The number of hydrogen-bond acceptors (Lipinski definition) is 3. The van der Waals surface area contributed by atoms with Crippen LogP contribution < -0.4 is 0 Å². The highest BCUT2D eigenvalue weighted by Crippen LogP contribution is 2.32. The maximum absolute atomic E-state index is 12.9. The Balaban J connectivity index is 1.68. The topological polar surface area (TPSA) is 57.7 Å². The number of amides is 1. The second-order valence-corrected chi connectivity index (χ2v) is 9.30. The normalized spacial score (nSPS) is 20.6. The van der Waals surface area contributed by atoms with Crippen LogP contribution in [0.1, 0.15) is 32.1 Å². The third-order valence-corrected chi connectivity index (χ3v) is 7.88. The number of hydrogen-bond donors (Lipinski definition) is 0. The van der Waals surface area contributed by atoms with Gasteiger partial charge in [-0.05, 0) is 25.0 Å². The Labute approximate surface area is 158 Å². The highest BCUT2D eigenvalue weighted by Gasteiger charge is 2.34. The molecule has 0 spiro atoms. The molecule has 0 aromatic heterocycles. The third kappa shape index (κ3) is 3.97. The van der Waals surface area contributed by atoms with Crippen LogP contribution in [0.15, 0.2) is 23.1 Å². The average molecular weight is 405 g/mol. The van der Waals surface area contributed by atoms with E-state index in [0.29, 0.717) is 13.1 Å². The molecule has 0 unspecified atom stereocenters. The van der Waals surface area contributed by atoms with Gasteiger partial charge in [-0.25, -0.2) is 8.42 Å². The molecule has 25 heavy (non-hydrogen) atoms. The first kappa shape index (κ1) is 19.0. The minimum atomic E-state index is -3.77. The summed E-state index contributed by atoms with van der Waals surface area (Å²) in [6.45, 7) is 1.36. The van der Waals surface area contributed by atoms with E-state index in [-0.39, 0.29) is 39.9 Å². The van der Waals surface area contributed by atoms with Gasteiger partial charge in [-0.15, -0.1) is 0 Å². The molecule has 1 aromatic rings. The average Bonchev–Trinajstić information content (AvgIpc) is 2.61. The van der Waals surface area contributed by atoms with Crippen LogP contribution in [0.5, 0.6) is 0 Å². The molecular weight excluding hydrogens is 383 g/mol. The van der Waals surface area contributed by atoms with Crippen molar-refractivity contribution in [2.75, 3.05) is 26.2 Å². The molecule has 2 fully saturated rings. The third-order valence-electron chi connectivity index (χ3n) is 5.02. The molecule has 0 atom stereocenters. The minimum absolute atomic E-state index is 0.0506. The first-order valence-corrected chi connectivity index (χ1v) is 10.8. The number of nitrogens with zero attached hydrogens (tertiary/aromatic N) is 2. The largest absolute Gasteiger partial charge is 0.340 e. The van der Waals surface area contributed by atoms with Gasteiger partial charge < -0.3 is 4.90 Å². The van der Waals surface area contributed by atoms with Gasteiger partial charge in [-0.2, -0.15) is 4.31 Å². The van der Waals surface area contributed by atoms with E-state index < -0.39 is 10.0 Å². The Morgan fingerprint density at radius 2 is 1.52 bits per heavy atom. The van der Waals surface area contributed by atoms with E-state index >= 15 is 0 Å². The van der Waals surface area contributed by atoms with Gasteiger partial charge in [0.1, 0.15) is 4.90 Å². The fourth-order valence-corrected chi connectivity index (χ4v) is 6.13. The lowest BCUT2D eigenvalue weighted by Crippen LogP contribution is -2.52. The van der Waals surface area contributed by atoms with Gasteiger partial charge in [0.2, 0.25) is 15.9 Å². The van der Waals surface area contributed by atoms with E-state index in [1.54, 1.807) is 11.0 Å². The Morgan fingerprint density at radius 1 is 0.960 bits per heavy atom. The molecule has 0 N–H and O–H groups in total. The lowest BCUT2D eigenvalue weighted by molar-refractivity contribution is -0.137. The van der Waals surface area contributed by atoms with Crippen LogP contribution in [-0.2, 0) is 14.8 Å². The molecule has 1 aliphatic carbocycles. The number of halogens is 2. The van der Waals surface area contributed by atoms with E-state index in [4.69, 9.17) is 23.2 Å². The van der Waals surface area contributed by atoms with Gasteiger partial charge in [-0.3, -0.25) is 4.79 Å². The number of carbonyl (C=O) groups excluding carboxylic acids is 1. The van der Waals surface area contributed by atoms with Crippen molar-refractivity contribution in [3.05, 3.63) is 28.2 Å². The van der Waals surface area contributed by atoms with Crippen LogP contribution in [0, 0.1) is 5.92 Å². The Bertz CT molecular complexity index is 720. The molecule has 5 nitrogen and oxygen atoms in total. The number of carbonyl (C=O) groups is 1. The Hall–Kier alpha value is -0.820. The highest BCUT2D eigenvalue weighted by atomic mass is 35.5. The maximum Gasteiger partial charge on any atom is 0.246 e. The lowest BCUT2D eigenvalue weighted by Gasteiger charge is -2.36. The van der Waals surface area contributed by atoms with Crippen LogP contribution in [-0.4, -0.2) is 49.7 Å². The molecule has 0 radical (unpaired) electrons. The number of piperazine rings is 1. The molecule has 0 bridgehead atoms. The zero-order chi connectivity index (χ0) is 18.0. The van der Waals surface area contributed by atoms with Gasteiger partial charge >= 0.3 is 0 Å². The zero-order valence-corrected chi connectivity index (χ0v) is 16.3. The molecule has 1 heterocycles. The Kier molecular flexibility index (Phi) is 5.93. The van der Waals surface area contributed by atoms with Crippen molar-refractivity contribution < 1.29 is 13.2 Å². The molecule has 2 aliphatic rings. The zero-order valence-electron chi connectivity index (χ0n) is 14.0. The van der Waals surface area contributed by atoms with Crippen molar-refractivity contribution in [1.82, 2.24) is 9.21 Å². The standard InChI is InChI=1S/C17H22Cl2N2O3S/c18-14-7-4-8-15(19)16(14)25(23,24)21-11-9-20(10-12-21)17(22)13-5-2-1-3-6-13/h4,7-8,13H,1-3,5-6,9-12H2. The summed E-state index contributed by atoms with van der Waals surface area (Å²) < 4.78 is 27.1. The fourth-order valence-electron chi connectivity index (χ4n) is 3.61. The monoisotopic (exact) mass is 404 g/mol. The molecule has 1 saturated carbocycles. The van der Waals surface area contributed by atoms with Crippen molar-refractivity contribution in [3.8, 4) is 0 Å². The number of benzene rings is 1. The summed E-state index contributed by atoms with van der Waals surface area (Å²) in [5.74, 6) is 0.280. The van der Waals surface area contributed by atoms with Crippen LogP contribution in [0.25, 0.3) is 0 Å². The quantitative estimate of drug-likeness (QED) is 0.775. The van der Waals surface area contributed by atoms with Gasteiger partial charge in [0.25, 0.3) is 0 Å². The summed E-state index contributed by atoms with van der Waals surface area (Å²) >= 11 is 12.1. The van der Waals surface area contributed by atoms with Crippen LogP contribution in [0.3, 0.4) is 0 Å². The highest BCUT2D eigenvalue weighted by molar-refractivity contribution is 7.89. The van der Waals surface area contributed by atoms with Crippen LogP contribution in [0.4, 0.5) is 0 Å². The molecule has 1 aliphatic heterocycles. The van der Waals surface area contributed by atoms with Crippen molar-refractivity contribution >= 4 is 39.1 Å². The molecule has 3 rings (SSSR count).